The lowest BCUT2D eigenvalue weighted by molar-refractivity contribution is 0.0961. The average Bonchev–Trinajstić information content (AvgIpc) is 2.76. The van der Waals surface area contributed by atoms with Gasteiger partial charge in [-0.05, 0) is 12.1 Å². The molecule has 0 aliphatic heterocycles. The molecule has 0 aliphatic carbocycles. The van der Waals surface area contributed by atoms with Crippen molar-refractivity contribution in [3.63, 3.8) is 0 Å². The quantitative estimate of drug-likeness (QED) is 0.831. The molecule has 0 atom stereocenters. The smallest absolute Gasteiger partial charge is 0.263 e. The van der Waals surface area contributed by atoms with Crippen molar-refractivity contribution in [3.05, 3.63) is 23.2 Å². The molecular formula is C12H16N4O3S2. The predicted octanol–water partition coefficient (Wildman–Crippen LogP) is 0.500. The number of sulfonamides is 1. The summed E-state index contributed by atoms with van der Waals surface area (Å²) in [5, 5.41) is 3.30. The minimum atomic E-state index is -3.33. The number of nitrogens with zero attached hydrogens (tertiary/aromatic N) is 2. The van der Waals surface area contributed by atoms with Crippen LogP contribution in [0.1, 0.15) is 9.67 Å². The number of hydrogen-bond donors (Lipinski definition) is 2. The fraction of sp³-hybridized carbons (Fsp3) is 0.333. The van der Waals surface area contributed by atoms with Crippen molar-refractivity contribution < 1.29 is 13.2 Å². The zero-order valence-electron chi connectivity index (χ0n) is 11.7. The molecule has 0 spiro atoms. The SMILES string of the molecule is CN(C)S(=O)(=O)CCNC(=O)c1sc2ncccc2c1N. The van der Waals surface area contributed by atoms with E-state index in [0.717, 1.165) is 9.69 Å². The molecule has 0 saturated carbocycles. The van der Waals surface area contributed by atoms with E-state index in [2.05, 4.69) is 10.3 Å². The second-order valence-electron chi connectivity index (χ2n) is 4.56. The highest BCUT2D eigenvalue weighted by Crippen LogP contribution is 2.31. The Bertz CT molecular complexity index is 768. The number of carbonyl (C=O) groups is 1. The molecule has 0 aromatic carbocycles. The molecule has 0 saturated heterocycles. The second-order valence-corrected chi connectivity index (χ2v) is 7.86. The van der Waals surface area contributed by atoms with Gasteiger partial charge in [0.25, 0.3) is 5.91 Å². The highest BCUT2D eigenvalue weighted by molar-refractivity contribution is 7.89. The molecule has 0 bridgehead atoms. The largest absolute Gasteiger partial charge is 0.397 e. The Balaban J connectivity index is 2.08. The van der Waals surface area contributed by atoms with Crippen LogP contribution in [0.15, 0.2) is 18.3 Å². The molecule has 2 aromatic heterocycles. The van der Waals surface area contributed by atoms with Gasteiger partial charge in [-0.1, -0.05) is 0 Å². The number of nitrogens with two attached hydrogens (primary N) is 1. The Kier molecular flexibility index (Phi) is 4.45. The Hall–Kier alpha value is -1.71. The summed E-state index contributed by atoms with van der Waals surface area (Å²) in [6.45, 7) is 0.0282. The summed E-state index contributed by atoms with van der Waals surface area (Å²) in [6.07, 6.45) is 1.63. The van der Waals surface area contributed by atoms with Crippen molar-refractivity contribution in [2.24, 2.45) is 0 Å². The third-order valence-electron chi connectivity index (χ3n) is 2.91. The van der Waals surface area contributed by atoms with Crippen LogP contribution in [-0.4, -0.2) is 50.0 Å². The normalized spacial score (nSPS) is 12.0. The van der Waals surface area contributed by atoms with Crippen LogP contribution >= 0.6 is 11.3 Å². The van der Waals surface area contributed by atoms with Gasteiger partial charge in [0.1, 0.15) is 9.71 Å². The Morgan fingerprint density at radius 1 is 1.48 bits per heavy atom. The highest BCUT2D eigenvalue weighted by atomic mass is 32.2. The molecule has 0 unspecified atom stereocenters. The van der Waals surface area contributed by atoms with Gasteiger partial charge in [0.2, 0.25) is 10.0 Å². The van der Waals surface area contributed by atoms with Crippen LogP contribution in [-0.2, 0) is 10.0 Å². The minimum absolute atomic E-state index is 0.0282. The zero-order chi connectivity index (χ0) is 15.6. The van der Waals surface area contributed by atoms with E-state index < -0.39 is 10.0 Å². The summed E-state index contributed by atoms with van der Waals surface area (Å²) >= 11 is 1.19. The summed E-state index contributed by atoms with van der Waals surface area (Å²) in [4.78, 5) is 17.3. The highest BCUT2D eigenvalue weighted by Gasteiger charge is 2.18. The molecule has 114 valence electrons. The van der Waals surface area contributed by atoms with Gasteiger partial charge in [0.15, 0.2) is 0 Å². The van der Waals surface area contributed by atoms with E-state index in [4.69, 9.17) is 5.73 Å². The van der Waals surface area contributed by atoms with E-state index in [1.165, 1.54) is 25.4 Å². The molecule has 0 fully saturated rings. The molecule has 2 rings (SSSR count). The van der Waals surface area contributed by atoms with E-state index in [1.807, 2.05) is 0 Å². The van der Waals surface area contributed by atoms with E-state index in [9.17, 15) is 13.2 Å². The van der Waals surface area contributed by atoms with E-state index in [1.54, 1.807) is 18.3 Å². The van der Waals surface area contributed by atoms with Gasteiger partial charge in [-0.25, -0.2) is 17.7 Å². The van der Waals surface area contributed by atoms with Crippen LogP contribution in [0.4, 0.5) is 5.69 Å². The van der Waals surface area contributed by atoms with Crippen molar-refractivity contribution in [1.29, 1.82) is 0 Å². The number of nitrogen functional groups attached to an aromatic ring is 1. The molecular weight excluding hydrogens is 312 g/mol. The van der Waals surface area contributed by atoms with Gasteiger partial charge in [0.05, 0.1) is 11.4 Å². The molecule has 1 amide bonds. The fourth-order valence-electron chi connectivity index (χ4n) is 1.68. The number of aromatic nitrogens is 1. The maximum atomic E-state index is 12.1. The fourth-order valence-corrected chi connectivity index (χ4v) is 3.38. The summed E-state index contributed by atoms with van der Waals surface area (Å²) in [6, 6.07) is 3.54. The van der Waals surface area contributed by atoms with Gasteiger partial charge in [-0.3, -0.25) is 4.79 Å². The van der Waals surface area contributed by atoms with Crippen molar-refractivity contribution in [2.45, 2.75) is 0 Å². The summed E-state index contributed by atoms with van der Waals surface area (Å²) in [5.41, 5.74) is 6.30. The summed E-state index contributed by atoms with van der Waals surface area (Å²) in [7, 11) is -0.430. The van der Waals surface area contributed by atoms with Crippen LogP contribution in [0.25, 0.3) is 10.2 Å². The van der Waals surface area contributed by atoms with Crippen LogP contribution < -0.4 is 11.1 Å². The average molecular weight is 328 g/mol. The zero-order valence-corrected chi connectivity index (χ0v) is 13.3. The first-order valence-electron chi connectivity index (χ1n) is 6.14. The number of carbonyl (C=O) groups excluding carboxylic acids is 1. The number of thiophene rings is 1. The van der Waals surface area contributed by atoms with Gasteiger partial charge in [-0.2, -0.15) is 0 Å². The second kappa shape index (κ2) is 5.96. The first-order chi connectivity index (χ1) is 9.83. The number of amides is 1. The number of rotatable bonds is 5. The van der Waals surface area contributed by atoms with Gasteiger partial charge >= 0.3 is 0 Å². The Labute approximate surface area is 126 Å². The lowest BCUT2D eigenvalue weighted by Crippen LogP contribution is -2.33. The van der Waals surface area contributed by atoms with Crippen LogP contribution in [0, 0.1) is 0 Å². The number of anilines is 1. The van der Waals surface area contributed by atoms with Crippen LogP contribution in [0.3, 0.4) is 0 Å². The molecule has 9 heteroatoms. The number of fused-ring (bicyclic) bond motifs is 1. The van der Waals surface area contributed by atoms with Crippen molar-refractivity contribution in [3.8, 4) is 0 Å². The molecule has 7 nitrogen and oxygen atoms in total. The van der Waals surface area contributed by atoms with E-state index in [-0.39, 0.29) is 18.2 Å². The lowest BCUT2D eigenvalue weighted by atomic mass is 10.2. The summed E-state index contributed by atoms with van der Waals surface area (Å²) in [5.74, 6) is -0.543. The lowest BCUT2D eigenvalue weighted by Gasteiger charge is -2.11. The predicted molar refractivity (Wildman–Crippen MR) is 83.8 cm³/mol. The first kappa shape index (κ1) is 15.7. The topological polar surface area (TPSA) is 105 Å². The molecule has 2 heterocycles. The van der Waals surface area contributed by atoms with Crippen LogP contribution in [0.5, 0.6) is 0 Å². The molecule has 2 aromatic rings. The number of hydrogen-bond acceptors (Lipinski definition) is 6. The van der Waals surface area contributed by atoms with E-state index >= 15 is 0 Å². The molecule has 3 N–H and O–H groups in total. The maximum absolute atomic E-state index is 12.1. The third kappa shape index (κ3) is 3.31. The number of nitrogens with one attached hydrogen (secondary N) is 1. The van der Waals surface area contributed by atoms with Crippen molar-refractivity contribution in [2.75, 3.05) is 32.1 Å². The Morgan fingerprint density at radius 3 is 2.81 bits per heavy atom. The van der Waals surface area contributed by atoms with Crippen molar-refractivity contribution >= 4 is 43.2 Å². The van der Waals surface area contributed by atoms with Gasteiger partial charge in [-0.15, -0.1) is 11.3 Å². The maximum Gasteiger partial charge on any atom is 0.263 e. The monoisotopic (exact) mass is 328 g/mol. The first-order valence-corrected chi connectivity index (χ1v) is 8.57. The number of pyridine rings is 1. The minimum Gasteiger partial charge on any atom is -0.397 e. The van der Waals surface area contributed by atoms with Gasteiger partial charge in [0, 0.05) is 32.2 Å². The molecule has 0 radical (unpaired) electrons. The van der Waals surface area contributed by atoms with Crippen LogP contribution in [0.2, 0.25) is 0 Å². The Morgan fingerprint density at radius 2 is 2.19 bits per heavy atom. The molecule has 0 aliphatic rings. The van der Waals surface area contributed by atoms with Gasteiger partial charge < -0.3 is 11.1 Å². The summed E-state index contributed by atoms with van der Waals surface area (Å²) < 4.78 is 24.3. The standard InChI is InChI=1S/C12H16N4O3S2/c1-16(2)21(18,19)7-6-14-11(17)10-9(13)8-4-3-5-15-12(8)20-10/h3-5H,6-7,13H2,1-2H3,(H,14,17). The molecule has 21 heavy (non-hydrogen) atoms. The van der Waals surface area contributed by atoms with E-state index in [0.29, 0.717) is 15.4 Å². The third-order valence-corrected chi connectivity index (χ3v) is 5.87. The van der Waals surface area contributed by atoms with Crippen molar-refractivity contribution in [1.82, 2.24) is 14.6 Å².